The number of amides is 2. The van der Waals surface area contributed by atoms with Gasteiger partial charge in [0.05, 0.1) is 11.8 Å². The first-order chi connectivity index (χ1) is 14.0. The Morgan fingerprint density at radius 2 is 1.83 bits per heavy atom. The van der Waals surface area contributed by atoms with Crippen LogP contribution in [0.4, 0.5) is 4.39 Å². The first-order valence-corrected chi connectivity index (χ1v) is 10.3. The fourth-order valence-electron chi connectivity index (χ4n) is 4.73. The molecule has 1 aromatic carbocycles. The number of nitrogens with one attached hydrogen (secondary N) is 2. The van der Waals surface area contributed by atoms with Crippen molar-refractivity contribution in [3.8, 4) is 0 Å². The van der Waals surface area contributed by atoms with Crippen molar-refractivity contribution in [3.63, 3.8) is 0 Å². The van der Waals surface area contributed by atoms with Crippen molar-refractivity contribution in [2.75, 3.05) is 0 Å². The van der Waals surface area contributed by atoms with Gasteiger partial charge in [0, 0.05) is 28.9 Å². The van der Waals surface area contributed by atoms with Gasteiger partial charge in [0.1, 0.15) is 5.82 Å². The highest BCUT2D eigenvalue weighted by Gasteiger charge is 2.58. The van der Waals surface area contributed by atoms with Gasteiger partial charge in [0.2, 0.25) is 0 Å². The lowest BCUT2D eigenvalue weighted by Crippen LogP contribution is -2.39. The lowest BCUT2D eigenvalue weighted by Gasteiger charge is -2.22. The van der Waals surface area contributed by atoms with Crippen LogP contribution in [0.2, 0.25) is 5.02 Å². The molecule has 1 heterocycles. The summed E-state index contributed by atoms with van der Waals surface area (Å²) in [6.45, 7) is 2.08. The van der Waals surface area contributed by atoms with E-state index in [2.05, 4.69) is 22.5 Å². The highest BCUT2D eigenvalue weighted by atomic mass is 35.5. The van der Waals surface area contributed by atoms with Crippen molar-refractivity contribution in [1.29, 1.82) is 0 Å². The molecule has 2 aromatic rings. The van der Waals surface area contributed by atoms with E-state index in [0.29, 0.717) is 28.3 Å². The average molecular weight is 416 g/mol. The lowest BCUT2D eigenvalue weighted by molar-refractivity contribution is 0.0927. The predicted molar refractivity (Wildman–Crippen MR) is 108 cm³/mol. The van der Waals surface area contributed by atoms with Crippen molar-refractivity contribution in [3.05, 3.63) is 64.7 Å². The van der Waals surface area contributed by atoms with Crippen molar-refractivity contribution in [2.24, 2.45) is 17.8 Å². The number of nitrogens with zero attached hydrogens (tertiary/aromatic N) is 1. The van der Waals surface area contributed by atoms with Crippen LogP contribution in [0.3, 0.4) is 0 Å². The van der Waals surface area contributed by atoms with E-state index in [9.17, 15) is 14.0 Å². The van der Waals surface area contributed by atoms with Gasteiger partial charge in [0.25, 0.3) is 11.8 Å². The summed E-state index contributed by atoms with van der Waals surface area (Å²) in [4.78, 5) is 28.5. The van der Waals surface area contributed by atoms with Gasteiger partial charge in [-0.15, -0.1) is 0 Å². The predicted octanol–water partition coefficient (Wildman–Crippen LogP) is 3.84. The van der Waals surface area contributed by atoms with Crippen LogP contribution in [0.1, 0.15) is 46.9 Å². The Morgan fingerprint density at radius 1 is 1.14 bits per heavy atom. The summed E-state index contributed by atoms with van der Waals surface area (Å²) in [7, 11) is 0. The second kappa shape index (κ2) is 8.11. The monoisotopic (exact) mass is 415 g/mol. The van der Waals surface area contributed by atoms with Gasteiger partial charge in [-0.1, -0.05) is 18.5 Å². The standard InChI is InChI=1S/C22H23ClFN3O2/c1-2-19(27-21(28)12-3-5-14(23)6-4-12)20-17-8-16(9-18(17)20)26-22(29)13-7-15(24)11-25-10-13/h3-7,10-11,16-20H,2,8-9H2,1H3,(H,26,29)(H,27,28)/t16-,17-,18+,19-,20+/m1/s1. The summed E-state index contributed by atoms with van der Waals surface area (Å²) in [6, 6.07) is 8.28. The zero-order chi connectivity index (χ0) is 20.5. The van der Waals surface area contributed by atoms with Gasteiger partial charge in [-0.2, -0.15) is 0 Å². The Morgan fingerprint density at radius 3 is 2.45 bits per heavy atom. The molecular formula is C22H23ClFN3O2. The Kier molecular flexibility index (Phi) is 5.54. The fourth-order valence-corrected chi connectivity index (χ4v) is 4.86. The smallest absolute Gasteiger partial charge is 0.253 e. The topological polar surface area (TPSA) is 71.1 Å². The van der Waals surface area contributed by atoms with Gasteiger partial charge in [-0.05, 0) is 67.3 Å². The number of carbonyl (C=O) groups is 2. The molecule has 5 atom stereocenters. The molecule has 29 heavy (non-hydrogen) atoms. The van der Waals surface area contributed by atoms with Crippen LogP contribution in [-0.2, 0) is 0 Å². The lowest BCUT2D eigenvalue weighted by atomic mass is 9.99. The number of rotatable bonds is 6. The van der Waals surface area contributed by atoms with Crippen LogP contribution in [0.25, 0.3) is 0 Å². The van der Waals surface area contributed by atoms with E-state index in [1.54, 1.807) is 24.3 Å². The van der Waals surface area contributed by atoms with Gasteiger partial charge >= 0.3 is 0 Å². The molecule has 152 valence electrons. The van der Waals surface area contributed by atoms with Crippen LogP contribution >= 0.6 is 11.6 Å². The minimum atomic E-state index is -0.519. The van der Waals surface area contributed by atoms with Crippen molar-refractivity contribution in [1.82, 2.24) is 15.6 Å². The summed E-state index contributed by atoms with van der Waals surface area (Å²) in [6.07, 6.45) is 5.09. The van der Waals surface area contributed by atoms with Gasteiger partial charge in [0.15, 0.2) is 0 Å². The van der Waals surface area contributed by atoms with Crippen LogP contribution in [0.15, 0.2) is 42.7 Å². The molecule has 7 heteroatoms. The Balaban J connectivity index is 1.30. The molecule has 2 N–H and O–H groups in total. The summed E-state index contributed by atoms with van der Waals surface area (Å²) in [5, 5.41) is 6.75. The van der Waals surface area contributed by atoms with E-state index in [1.165, 1.54) is 12.3 Å². The van der Waals surface area contributed by atoms with E-state index in [4.69, 9.17) is 11.6 Å². The van der Waals surface area contributed by atoms with Crippen LogP contribution < -0.4 is 10.6 Å². The molecule has 0 spiro atoms. The molecule has 0 bridgehead atoms. The molecule has 2 aliphatic rings. The zero-order valence-corrected chi connectivity index (χ0v) is 16.8. The van der Waals surface area contributed by atoms with Crippen molar-refractivity contribution < 1.29 is 14.0 Å². The summed E-state index contributed by atoms with van der Waals surface area (Å²) in [5.74, 6) is 0.558. The first-order valence-electron chi connectivity index (χ1n) is 9.94. The average Bonchev–Trinajstić information content (AvgIpc) is 3.20. The summed E-state index contributed by atoms with van der Waals surface area (Å²) < 4.78 is 13.3. The molecule has 2 saturated carbocycles. The quantitative estimate of drug-likeness (QED) is 0.753. The van der Waals surface area contributed by atoms with Crippen molar-refractivity contribution >= 4 is 23.4 Å². The molecule has 5 nitrogen and oxygen atoms in total. The Labute approximate surface area is 174 Å². The second-order valence-electron chi connectivity index (χ2n) is 7.93. The van der Waals surface area contributed by atoms with Crippen LogP contribution in [-0.4, -0.2) is 28.9 Å². The van der Waals surface area contributed by atoms with E-state index in [1.807, 2.05) is 0 Å². The zero-order valence-electron chi connectivity index (χ0n) is 16.1. The number of aromatic nitrogens is 1. The minimum Gasteiger partial charge on any atom is -0.349 e. The summed E-state index contributed by atoms with van der Waals surface area (Å²) >= 11 is 5.89. The molecule has 0 unspecified atom stereocenters. The number of hydrogen-bond donors (Lipinski definition) is 2. The van der Waals surface area contributed by atoms with Crippen LogP contribution in [0.5, 0.6) is 0 Å². The third-order valence-electron chi connectivity index (χ3n) is 6.14. The second-order valence-corrected chi connectivity index (χ2v) is 8.37. The number of carbonyl (C=O) groups excluding carboxylic acids is 2. The van der Waals surface area contributed by atoms with E-state index in [-0.39, 0.29) is 29.5 Å². The number of hydrogen-bond acceptors (Lipinski definition) is 3. The molecule has 2 aliphatic carbocycles. The number of pyridine rings is 1. The van der Waals surface area contributed by atoms with Gasteiger partial charge in [-0.25, -0.2) is 4.39 Å². The highest BCUT2D eigenvalue weighted by molar-refractivity contribution is 6.30. The molecule has 2 amide bonds. The Hall–Kier alpha value is -2.47. The van der Waals surface area contributed by atoms with Crippen LogP contribution in [0, 0.1) is 23.6 Å². The summed E-state index contributed by atoms with van der Waals surface area (Å²) in [5.41, 5.74) is 0.844. The molecule has 4 rings (SSSR count). The third-order valence-corrected chi connectivity index (χ3v) is 6.39. The maximum absolute atomic E-state index is 13.3. The maximum Gasteiger partial charge on any atom is 0.253 e. The highest BCUT2D eigenvalue weighted by Crippen LogP contribution is 2.59. The molecule has 0 radical (unpaired) electrons. The number of halogens is 2. The molecule has 0 saturated heterocycles. The molecule has 0 aliphatic heterocycles. The Bertz CT molecular complexity index is 909. The number of fused-ring (bicyclic) bond motifs is 1. The first kappa shape index (κ1) is 19.8. The van der Waals surface area contributed by atoms with E-state index in [0.717, 1.165) is 25.5 Å². The minimum absolute atomic E-state index is 0.0815. The SMILES string of the molecule is CC[C@@H](NC(=O)c1ccc(Cl)cc1)[C@H]1[C@@H]2C[C@@H](NC(=O)c3cncc(F)c3)C[C@@H]21. The largest absolute Gasteiger partial charge is 0.349 e. The number of benzene rings is 1. The molecule has 2 fully saturated rings. The fraction of sp³-hybridized carbons (Fsp3) is 0.409. The van der Waals surface area contributed by atoms with E-state index < -0.39 is 5.82 Å². The molecular weight excluding hydrogens is 393 g/mol. The maximum atomic E-state index is 13.3. The third kappa shape index (κ3) is 4.27. The normalized spacial score (nSPS) is 25.8. The van der Waals surface area contributed by atoms with E-state index >= 15 is 0 Å². The molecule has 1 aromatic heterocycles. The van der Waals surface area contributed by atoms with Gasteiger partial charge < -0.3 is 10.6 Å². The van der Waals surface area contributed by atoms with Crippen molar-refractivity contribution in [2.45, 2.75) is 38.3 Å². The van der Waals surface area contributed by atoms with Gasteiger partial charge in [-0.3, -0.25) is 14.6 Å².